The minimum absolute atomic E-state index is 0.903. The Morgan fingerprint density at radius 3 is 1.27 bits per heavy atom. The van der Waals surface area contributed by atoms with Crippen LogP contribution in [0.1, 0.15) is 24.0 Å². The molecule has 1 fully saturated rings. The average molecular weight is 288 g/mol. The Kier molecular flexibility index (Phi) is 5.81. The van der Waals surface area contributed by atoms with Gasteiger partial charge in [0.25, 0.3) is 0 Å². The van der Waals surface area contributed by atoms with E-state index in [1.54, 1.807) is 0 Å². The summed E-state index contributed by atoms with van der Waals surface area (Å²) < 4.78 is 0. The molecule has 3 rings (SSSR count). The van der Waals surface area contributed by atoms with Crippen molar-refractivity contribution in [3.63, 3.8) is 0 Å². The molecule has 0 N–H and O–H groups in total. The monoisotopic (exact) mass is 288 g/mol. The van der Waals surface area contributed by atoms with Gasteiger partial charge >= 0.3 is 0 Å². The molecule has 0 aromatic heterocycles. The SMILES string of the molecule is c1ccc(CB2CCCB(Cc3ccccc3)CCC2)cc1. The topological polar surface area (TPSA) is 0 Å². The second kappa shape index (κ2) is 8.27. The van der Waals surface area contributed by atoms with Gasteiger partial charge in [0, 0.05) is 0 Å². The van der Waals surface area contributed by atoms with Crippen LogP contribution in [0.3, 0.4) is 0 Å². The van der Waals surface area contributed by atoms with Crippen LogP contribution < -0.4 is 0 Å². The largest absolute Gasteiger partial charge is 0.144 e. The van der Waals surface area contributed by atoms with E-state index in [0.717, 1.165) is 13.4 Å². The van der Waals surface area contributed by atoms with E-state index >= 15 is 0 Å². The Morgan fingerprint density at radius 1 is 0.545 bits per heavy atom. The first-order valence-corrected chi connectivity index (χ1v) is 8.98. The van der Waals surface area contributed by atoms with E-state index in [0.29, 0.717) is 0 Å². The van der Waals surface area contributed by atoms with Crippen LogP contribution in [0, 0.1) is 0 Å². The Balaban J connectivity index is 1.48. The lowest BCUT2D eigenvalue weighted by atomic mass is 9.33. The van der Waals surface area contributed by atoms with Crippen molar-refractivity contribution in [2.24, 2.45) is 0 Å². The molecule has 2 heteroatoms. The third kappa shape index (κ3) is 4.80. The van der Waals surface area contributed by atoms with Crippen LogP contribution in [0.2, 0.25) is 25.3 Å². The van der Waals surface area contributed by atoms with Crippen molar-refractivity contribution in [3.05, 3.63) is 71.8 Å². The van der Waals surface area contributed by atoms with Crippen molar-refractivity contribution in [1.82, 2.24) is 0 Å². The maximum atomic E-state index is 2.29. The summed E-state index contributed by atoms with van der Waals surface area (Å²) in [5.41, 5.74) is 3.04. The summed E-state index contributed by atoms with van der Waals surface area (Å²) in [6.45, 7) is 1.81. The fourth-order valence-corrected chi connectivity index (χ4v) is 3.98. The van der Waals surface area contributed by atoms with Gasteiger partial charge in [-0.2, -0.15) is 0 Å². The Labute approximate surface area is 136 Å². The molecule has 0 unspecified atom stereocenters. The standard InChI is InChI=1S/C20H26B2/c1-3-9-19(10-4-1)17-21-13-7-15-22(16-8-14-21)18-20-11-5-2-6-12-20/h1-6,9-12H,7-8,13-18H2. The lowest BCUT2D eigenvalue weighted by molar-refractivity contribution is 0.919. The zero-order chi connectivity index (χ0) is 15.0. The van der Waals surface area contributed by atoms with E-state index in [2.05, 4.69) is 60.7 Å². The predicted octanol–water partition coefficient (Wildman–Crippen LogP) is 5.33. The Hall–Kier alpha value is -1.43. The molecule has 2 aromatic rings. The number of hydrogen-bond acceptors (Lipinski definition) is 0. The fourth-order valence-electron chi connectivity index (χ4n) is 3.98. The molecule has 1 heterocycles. The number of benzene rings is 2. The molecule has 112 valence electrons. The van der Waals surface area contributed by atoms with Crippen LogP contribution in [-0.2, 0) is 12.6 Å². The maximum absolute atomic E-state index is 2.29. The third-order valence-corrected chi connectivity index (χ3v) is 5.18. The average Bonchev–Trinajstić information content (AvgIpc) is 2.54. The Morgan fingerprint density at radius 2 is 0.909 bits per heavy atom. The summed E-state index contributed by atoms with van der Waals surface area (Å²) in [6.07, 6.45) is 11.1. The Bertz CT molecular complexity index is 479. The van der Waals surface area contributed by atoms with Crippen LogP contribution >= 0.6 is 0 Å². The van der Waals surface area contributed by atoms with Crippen LogP contribution in [0.5, 0.6) is 0 Å². The van der Waals surface area contributed by atoms with Gasteiger partial charge in [-0.15, -0.1) is 0 Å². The van der Waals surface area contributed by atoms with Crippen molar-refractivity contribution in [2.45, 2.75) is 50.8 Å². The first-order chi connectivity index (χ1) is 10.9. The van der Waals surface area contributed by atoms with Gasteiger partial charge in [-0.25, -0.2) is 0 Å². The summed E-state index contributed by atoms with van der Waals surface area (Å²) in [6, 6.07) is 22.1. The molecule has 0 nitrogen and oxygen atoms in total. The van der Waals surface area contributed by atoms with Gasteiger partial charge in [-0.05, 0) is 12.6 Å². The summed E-state index contributed by atoms with van der Waals surface area (Å²) in [5, 5.41) is 0. The van der Waals surface area contributed by atoms with Crippen molar-refractivity contribution >= 4 is 13.4 Å². The molecule has 1 aliphatic rings. The van der Waals surface area contributed by atoms with Crippen LogP contribution in [0.15, 0.2) is 60.7 Å². The van der Waals surface area contributed by atoms with Gasteiger partial charge in [0.15, 0.2) is 0 Å². The highest BCUT2D eigenvalue weighted by molar-refractivity contribution is 6.61. The zero-order valence-electron chi connectivity index (χ0n) is 13.6. The predicted molar refractivity (Wildman–Crippen MR) is 100 cm³/mol. The first kappa shape index (κ1) is 15.5. The number of rotatable bonds is 4. The van der Waals surface area contributed by atoms with E-state index in [4.69, 9.17) is 0 Å². The normalized spacial score (nSPS) is 16.2. The van der Waals surface area contributed by atoms with Crippen LogP contribution in [0.25, 0.3) is 0 Å². The molecule has 0 spiro atoms. The summed E-state index contributed by atoms with van der Waals surface area (Å²) >= 11 is 0. The van der Waals surface area contributed by atoms with Gasteiger partial charge in [-0.1, -0.05) is 110 Å². The molecule has 2 aromatic carbocycles. The van der Waals surface area contributed by atoms with E-state index in [9.17, 15) is 0 Å². The van der Waals surface area contributed by atoms with Crippen LogP contribution in [-0.4, -0.2) is 13.4 Å². The highest BCUT2D eigenvalue weighted by Crippen LogP contribution is 2.23. The van der Waals surface area contributed by atoms with E-state index in [-0.39, 0.29) is 0 Å². The van der Waals surface area contributed by atoms with Gasteiger partial charge in [0.1, 0.15) is 13.4 Å². The van der Waals surface area contributed by atoms with E-state index in [1.165, 1.54) is 61.9 Å². The lowest BCUT2D eigenvalue weighted by Crippen LogP contribution is -2.24. The molecule has 0 aliphatic carbocycles. The maximum Gasteiger partial charge on any atom is 0.144 e. The van der Waals surface area contributed by atoms with Crippen molar-refractivity contribution < 1.29 is 0 Å². The van der Waals surface area contributed by atoms with Crippen molar-refractivity contribution in [3.8, 4) is 0 Å². The summed E-state index contributed by atoms with van der Waals surface area (Å²) in [4.78, 5) is 0. The molecule has 1 saturated heterocycles. The molecule has 0 saturated carbocycles. The third-order valence-electron chi connectivity index (χ3n) is 5.18. The quantitative estimate of drug-likeness (QED) is 0.667. The molecule has 0 radical (unpaired) electrons. The smallest absolute Gasteiger partial charge is 0.0745 e. The fraction of sp³-hybridized carbons (Fsp3) is 0.400. The molecular formula is C20H26B2. The van der Waals surface area contributed by atoms with Gasteiger partial charge < -0.3 is 0 Å². The van der Waals surface area contributed by atoms with Gasteiger partial charge in [0.05, 0.1) is 0 Å². The second-order valence-electron chi connectivity index (χ2n) is 6.97. The minimum atomic E-state index is 0.903. The van der Waals surface area contributed by atoms with E-state index < -0.39 is 0 Å². The molecular weight excluding hydrogens is 262 g/mol. The highest BCUT2D eigenvalue weighted by Gasteiger charge is 2.21. The van der Waals surface area contributed by atoms with E-state index in [1.807, 2.05) is 0 Å². The van der Waals surface area contributed by atoms with Gasteiger partial charge in [-0.3, -0.25) is 0 Å². The minimum Gasteiger partial charge on any atom is -0.0745 e. The highest BCUT2D eigenvalue weighted by atomic mass is 14.0. The number of hydrogen-bond donors (Lipinski definition) is 0. The molecule has 0 atom stereocenters. The second-order valence-corrected chi connectivity index (χ2v) is 6.97. The van der Waals surface area contributed by atoms with Gasteiger partial charge in [0.2, 0.25) is 0 Å². The van der Waals surface area contributed by atoms with Crippen molar-refractivity contribution in [2.75, 3.05) is 0 Å². The molecule has 1 aliphatic heterocycles. The van der Waals surface area contributed by atoms with Crippen LogP contribution in [0.4, 0.5) is 0 Å². The summed E-state index contributed by atoms with van der Waals surface area (Å²) in [7, 11) is 0. The first-order valence-electron chi connectivity index (χ1n) is 8.98. The molecule has 22 heavy (non-hydrogen) atoms. The zero-order valence-corrected chi connectivity index (χ0v) is 13.6. The summed E-state index contributed by atoms with van der Waals surface area (Å²) in [5.74, 6) is 0. The molecule has 0 bridgehead atoms. The lowest BCUT2D eigenvalue weighted by Gasteiger charge is -2.21. The molecule has 0 amide bonds. The van der Waals surface area contributed by atoms with Crippen molar-refractivity contribution in [1.29, 1.82) is 0 Å².